The molecule has 2 aliphatic rings. The Hall–Kier alpha value is -4.07. The number of fused-ring (bicyclic) bond motifs is 1. The number of aromatic nitrogens is 7. The number of rotatable bonds is 8. The van der Waals surface area contributed by atoms with E-state index in [-0.39, 0.29) is 23.1 Å². The lowest BCUT2D eigenvalue weighted by atomic mass is 9.98. The van der Waals surface area contributed by atoms with Crippen LogP contribution in [-0.4, -0.2) is 85.6 Å². The Morgan fingerprint density at radius 1 is 1.13 bits per heavy atom. The van der Waals surface area contributed by atoms with Gasteiger partial charge in [-0.1, -0.05) is 0 Å². The van der Waals surface area contributed by atoms with Crippen molar-refractivity contribution in [3.8, 4) is 11.4 Å². The van der Waals surface area contributed by atoms with E-state index in [2.05, 4.69) is 44.1 Å². The van der Waals surface area contributed by atoms with Crippen molar-refractivity contribution in [3.63, 3.8) is 0 Å². The summed E-state index contributed by atoms with van der Waals surface area (Å²) in [5.41, 5.74) is 1.43. The van der Waals surface area contributed by atoms with E-state index in [1.165, 1.54) is 12.4 Å². The van der Waals surface area contributed by atoms with Crippen LogP contribution in [0, 0.1) is 5.92 Å². The molecule has 4 aromatic heterocycles. The van der Waals surface area contributed by atoms with Crippen LogP contribution in [0.2, 0.25) is 0 Å². The summed E-state index contributed by atoms with van der Waals surface area (Å²) < 4.78 is 27.9. The lowest BCUT2D eigenvalue weighted by Gasteiger charge is -2.39. The van der Waals surface area contributed by atoms with Crippen molar-refractivity contribution in [2.45, 2.75) is 38.0 Å². The topological polar surface area (TPSA) is 144 Å². The van der Waals surface area contributed by atoms with Crippen LogP contribution in [0.5, 0.6) is 0 Å². The molecule has 1 N–H and O–H groups in total. The van der Waals surface area contributed by atoms with Crippen molar-refractivity contribution in [3.05, 3.63) is 36.9 Å². The Kier molecular flexibility index (Phi) is 6.01. The first-order valence-corrected chi connectivity index (χ1v) is 14.4. The minimum Gasteiger partial charge on any atom is -0.353 e. The number of carbonyl (C=O) groups excluding carboxylic acids is 1. The Balaban J connectivity index is 1.24. The van der Waals surface area contributed by atoms with Gasteiger partial charge in [0, 0.05) is 51.7 Å². The van der Waals surface area contributed by atoms with Crippen LogP contribution in [-0.2, 0) is 14.8 Å². The van der Waals surface area contributed by atoms with Crippen LogP contribution in [0.3, 0.4) is 0 Å². The summed E-state index contributed by atoms with van der Waals surface area (Å²) in [4.78, 5) is 29.5. The zero-order valence-corrected chi connectivity index (χ0v) is 23.0. The van der Waals surface area contributed by atoms with Gasteiger partial charge in [-0.15, -0.1) is 0 Å². The summed E-state index contributed by atoms with van der Waals surface area (Å²) in [7, 11) is 0.0915. The summed E-state index contributed by atoms with van der Waals surface area (Å²) in [6.07, 6.45) is 7.62. The van der Waals surface area contributed by atoms with Crippen molar-refractivity contribution in [2.75, 3.05) is 37.4 Å². The molecule has 1 aliphatic carbocycles. The maximum Gasteiger partial charge on any atom is 0.256 e. The third-order valence-electron chi connectivity index (χ3n) is 6.97. The van der Waals surface area contributed by atoms with Gasteiger partial charge in [0.15, 0.2) is 11.6 Å². The fourth-order valence-electron chi connectivity index (χ4n) is 4.66. The third kappa shape index (κ3) is 4.58. The van der Waals surface area contributed by atoms with Gasteiger partial charge >= 0.3 is 0 Å². The lowest BCUT2D eigenvalue weighted by molar-refractivity contribution is -0.133. The smallest absolute Gasteiger partial charge is 0.256 e. The van der Waals surface area contributed by atoms with Gasteiger partial charge < -0.3 is 15.1 Å². The first-order chi connectivity index (χ1) is 18.6. The Morgan fingerprint density at radius 3 is 2.59 bits per heavy atom. The molecule has 0 aromatic carbocycles. The summed E-state index contributed by atoms with van der Waals surface area (Å²) in [6.45, 7) is 5.39. The van der Waals surface area contributed by atoms with E-state index in [1.54, 1.807) is 37.5 Å². The number of pyridine rings is 1. The maximum atomic E-state index is 12.5. The van der Waals surface area contributed by atoms with E-state index >= 15 is 0 Å². The third-order valence-corrected chi connectivity index (χ3v) is 9.00. The van der Waals surface area contributed by atoms with Crippen LogP contribution in [0.1, 0.15) is 32.7 Å². The first kappa shape index (κ1) is 25.2. The van der Waals surface area contributed by atoms with Gasteiger partial charge in [-0.25, -0.2) is 23.4 Å². The lowest BCUT2D eigenvalue weighted by Crippen LogP contribution is -2.53. The fraction of sp³-hybridized carbons (Fsp3) is 0.440. The molecule has 0 atom stereocenters. The molecule has 1 aliphatic heterocycles. The Bertz CT molecular complexity index is 1670. The van der Waals surface area contributed by atoms with Crippen LogP contribution in [0.25, 0.3) is 22.3 Å². The molecule has 5 heterocycles. The maximum absolute atomic E-state index is 12.5. The molecule has 0 radical (unpaired) electrons. The number of amides is 1. The highest BCUT2D eigenvalue weighted by Crippen LogP contribution is 2.34. The summed E-state index contributed by atoms with van der Waals surface area (Å²) in [6, 6.07) is 3.76. The largest absolute Gasteiger partial charge is 0.353 e. The molecule has 204 valence electrons. The van der Waals surface area contributed by atoms with E-state index in [4.69, 9.17) is 5.10 Å². The highest BCUT2D eigenvalue weighted by atomic mass is 32.2. The minimum absolute atomic E-state index is 0.0268. The summed E-state index contributed by atoms with van der Waals surface area (Å²) >= 11 is 0. The van der Waals surface area contributed by atoms with Gasteiger partial charge in [0.25, 0.3) is 10.0 Å². The number of nitrogens with one attached hydrogen (secondary N) is 1. The van der Waals surface area contributed by atoms with Gasteiger partial charge in [0.2, 0.25) is 5.91 Å². The van der Waals surface area contributed by atoms with Gasteiger partial charge in [0.05, 0.1) is 40.0 Å². The second kappa shape index (κ2) is 9.29. The molecule has 2 fully saturated rings. The predicted octanol–water partition coefficient (Wildman–Crippen LogP) is 2.27. The molecule has 1 saturated carbocycles. The molecule has 0 bridgehead atoms. The minimum atomic E-state index is -3.46. The molecule has 6 rings (SSSR count). The van der Waals surface area contributed by atoms with Crippen LogP contribution in [0.4, 0.5) is 17.5 Å². The molecule has 0 unspecified atom stereocenters. The van der Waals surface area contributed by atoms with Gasteiger partial charge in [-0.05, 0) is 32.8 Å². The van der Waals surface area contributed by atoms with Crippen LogP contribution in [0.15, 0.2) is 36.9 Å². The molecule has 14 heteroatoms. The standard InChI is InChI=1S/C25H30N10O3S/c1-15(2)35-20-9-22(27-11-19(20)24(31-35)33-12-17(13-33)25(36)32(3)4)29-21-7-8-26-23(30-21)16-10-28-34(14-16)39(37,38)18-5-6-18/h7-11,14-15,17-18H,5-6,12-13H2,1-4H3,(H,26,27,29,30). The summed E-state index contributed by atoms with van der Waals surface area (Å²) in [5, 5.41) is 12.7. The number of nitrogens with zero attached hydrogens (tertiary/aromatic N) is 9. The Labute approximate surface area is 225 Å². The van der Waals surface area contributed by atoms with Crippen LogP contribution < -0.4 is 10.2 Å². The zero-order valence-electron chi connectivity index (χ0n) is 22.2. The quantitative estimate of drug-likeness (QED) is 0.347. The fourth-order valence-corrected chi connectivity index (χ4v) is 6.14. The molecule has 1 amide bonds. The van der Waals surface area contributed by atoms with Crippen molar-refractivity contribution in [1.82, 2.24) is 38.8 Å². The molecule has 39 heavy (non-hydrogen) atoms. The van der Waals surface area contributed by atoms with Crippen molar-refractivity contribution in [1.29, 1.82) is 0 Å². The van der Waals surface area contributed by atoms with E-state index in [9.17, 15) is 13.2 Å². The van der Waals surface area contributed by atoms with E-state index in [0.29, 0.717) is 49.0 Å². The highest BCUT2D eigenvalue weighted by molar-refractivity contribution is 7.90. The SMILES string of the molecule is CC(C)n1nc(N2CC(C(=O)N(C)C)C2)c2cnc(Nc3ccnc(-c4cnn(S(=O)(=O)C5CC5)c4)n3)cc21. The van der Waals surface area contributed by atoms with Gasteiger partial charge in [0.1, 0.15) is 11.6 Å². The van der Waals surface area contributed by atoms with Crippen molar-refractivity contribution >= 4 is 44.3 Å². The highest BCUT2D eigenvalue weighted by Gasteiger charge is 2.38. The molecular formula is C25H30N10O3S. The van der Waals surface area contributed by atoms with Crippen LogP contribution >= 0.6 is 0 Å². The number of hydrogen-bond acceptors (Lipinski definition) is 10. The second-order valence-electron chi connectivity index (χ2n) is 10.5. The molecular weight excluding hydrogens is 520 g/mol. The number of hydrogen-bond donors (Lipinski definition) is 1. The molecule has 1 saturated heterocycles. The molecule has 4 aromatic rings. The normalized spacial score (nSPS) is 16.1. The molecule has 0 spiro atoms. The van der Waals surface area contributed by atoms with Gasteiger partial charge in [-0.2, -0.15) is 14.3 Å². The average molecular weight is 551 g/mol. The zero-order chi connectivity index (χ0) is 27.5. The van der Waals surface area contributed by atoms with E-state index < -0.39 is 10.0 Å². The van der Waals surface area contributed by atoms with Crippen molar-refractivity contribution < 1.29 is 13.2 Å². The molecule has 13 nitrogen and oxygen atoms in total. The Morgan fingerprint density at radius 2 is 1.90 bits per heavy atom. The number of anilines is 3. The van der Waals surface area contributed by atoms with Gasteiger partial charge in [-0.3, -0.25) is 9.48 Å². The number of carbonyl (C=O) groups is 1. The predicted molar refractivity (Wildman–Crippen MR) is 146 cm³/mol. The first-order valence-electron chi connectivity index (χ1n) is 12.9. The summed E-state index contributed by atoms with van der Waals surface area (Å²) in [5.74, 6) is 2.37. The van der Waals surface area contributed by atoms with E-state index in [0.717, 1.165) is 20.8 Å². The van der Waals surface area contributed by atoms with Crippen molar-refractivity contribution in [2.24, 2.45) is 5.92 Å². The second-order valence-corrected chi connectivity index (χ2v) is 12.6. The van der Waals surface area contributed by atoms with E-state index in [1.807, 2.05) is 10.7 Å². The average Bonchev–Trinajstić information content (AvgIpc) is 3.50. The monoisotopic (exact) mass is 550 g/mol.